The molecule has 0 spiro atoms. The number of hydrogen-bond acceptors (Lipinski definition) is 1. The summed E-state index contributed by atoms with van der Waals surface area (Å²) in [6.07, 6.45) is 0. The molecule has 2 aromatic carbocycles. The van der Waals surface area contributed by atoms with Crippen LogP contribution < -0.4 is 4.90 Å². The van der Waals surface area contributed by atoms with Gasteiger partial charge in [-0.15, -0.1) is 0 Å². The monoisotopic (exact) mass is 251 g/mol. The lowest BCUT2D eigenvalue weighted by molar-refractivity contribution is -0.513. The molecule has 0 saturated carbocycles. The third-order valence-electron chi connectivity index (χ3n) is 3.63. The number of nitrogens with zero attached hydrogens (tertiary/aromatic N) is 2. The molecule has 0 fully saturated rings. The third kappa shape index (κ3) is 2.26. The Morgan fingerprint density at radius 3 is 2.21 bits per heavy atom. The van der Waals surface area contributed by atoms with E-state index in [1.165, 1.54) is 17.1 Å². The average molecular weight is 251 g/mol. The maximum Gasteiger partial charge on any atom is 0.284 e. The van der Waals surface area contributed by atoms with Crippen molar-refractivity contribution in [1.29, 1.82) is 0 Å². The molecular formula is C17H19N2+. The van der Waals surface area contributed by atoms with Crippen LogP contribution >= 0.6 is 0 Å². The first-order valence-electron chi connectivity index (χ1n) is 6.90. The molecule has 0 aliphatic carbocycles. The van der Waals surface area contributed by atoms with Gasteiger partial charge in [0.15, 0.2) is 0 Å². The van der Waals surface area contributed by atoms with Gasteiger partial charge in [-0.05, 0) is 31.2 Å². The Labute approximate surface area is 114 Å². The average Bonchev–Trinajstić information content (AvgIpc) is 2.93. The predicted molar refractivity (Wildman–Crippen MR) is 80.0 cm³/mol. The molecule has 1 heterocycles. The number of amidine groups is 1. The summed E-state index contributed by atoms with van der Waals surface area (Å²) in [5, 5.41) is 0. The number of rotatable bonds is 3. The van der Waals surface area contributed by atoms with Crippen molar-refractivity contribution in [2.45, 2.75) is 6.92 Å². The van der Waals surface area contributed by atoms with Crippen LogP contribution in [0, 0.1) is 0 Å². The minimum atomic E-state index is 1.05. The van der Waals surface area contributed by atoms with Gasteiger partial charge in [0.05, 0.1) is 12.1 Å². The number of likely N-dealkylation sites (N-methyl/N-ethyl adjacent to an activating group) is 1. The fourth-order valence-electron chi connectivity index (χ4n) is 2.70. The molecule has 3 rings (SSSR count). The molecular weight excluding hydrogens is 232 g/mol. The Morgan fingerprint density at radius 2 is 1.58 bits per heavy atom. The van der Waals surface area contributed by atoms with Gasteiger partial charge in [-0.3, -0.25) is 4.58 Å². The molecule has 1 aliphatic heterocycles. The van der Waals surface area contributed by atoms with Crippen molar-refractivity contribution in [3.8, 4) is 0 Å². The van der Waals surface area contributed by atoms with E-state index in [9.17, 15) is 0 Å². The topological polar surface area (TPSA) is 6.25 Å². The summed E-state index contributed by atoms with van der Waals surface area (Å²) < 4.78 is 2.45. The molecule has 2 nitrogen and oxygen atoms in total. The van der Waals surface area contributed by atoms with Crippen LogP contribution in [0.3, 0.4) is 0 Å². The number of anilines is 1. The van der Waals surface area contributed by atoms with E-state index in [-0.39, 0.29) is 0 Å². The van der Waals surface area contributed by atoms with Crippen molar-refractivity contribution in [3.05, 3.63) is 66.2 Å². The summed E-state index contributed by atoms with van der Waals surface area (Å²) in [7, 11) is 0. The Morgan fingerprint density at radius 1 is 0.947 bits per heavy atom. The van der Waals surface area contributed by atoms with Gasteiger partial charge in [0.1, 0.15) is 18.8 Å². The molecule has 0 bridgehead atoms. The highest BCUT2D eigenvalue weighted by atomic mass is 15.3. The number of hydrogen-bond donors (Lipinski definition) is 0. The van der Waals surface area contributed by atoms with E-state index in [0.29, 0.717) is 0 Å². The Balaban J connectivity index is 2.05. The lowest BCUT2D eigenvalue weighted by Gasteiger charge is -2.13. The lowest BCUT2D eigenvalue weighted by Crippen LogP contribution is -2.30. The highest BCUT2D eigenvalue weighted by molar-refractivity contribution is 6.07. The summed E-state index contributed by atoms with van der Waals surface area (Å²) in [5.74, 6) is 1.33. The molecule has 96 valence electrons. The van der Waals surface area contributed by atoms with Gasteiger partial charge in [-0.25, -0.2) is 4.90 Å². The minimum absolute atomic E-state index is 1.05. The van der Waals surface area contributed by atoms with Crippen molar-refractivity contribution in [2.75, 3.05) is 24.5 Å². The zero-order chi connectivity index (χ0) is 13.1. The summed E-state index contributed by atoms with van der Waals surface area (Å²) >= 11 is 0. The van der Waals surface area contributed by atoms with E-state index in [2.05, 4.69) is 77.1 Å². The zero-order valence-corrected chi connectivity index (χ0v) is 11.3. The van der Waals surface area contributed by atoms with E-state index >= 15 is 0 Å². The molecule has 1 aliphatic rings. The first-order chi connectivity index (χ1) is 9.40. The van der Waals surface area contributed by atoms with Crippen molar-refractivity contribution >= 4 is 11.5 Å². The zero-order valence-electron chi connectivity index (χ0n) is 11.3. The van der Waals surface area contributed by atoms with Crippen molar-refractivity contribution in [1.82, 2.24) is 0 Å². The quantitative estimate of drug-likeness (QED) is 0.760. The summed E-state index contributed by atoms with van der Waals surface area (Å²) in [6, 6.07) is 21.3. The van der Waals surface area contributed by atoms with Crippen molar-refractivity contribution < 1.29 is 4.58 Å². The van der Waals surface area contributed by atoms with E-state index < -0.39 is 0 Å². The van der Waals surface area contributed by atoms with E-state index in [4.69, 9.17) is 0 Å². The predicted octanol–water partition coefficient (Wildman–Crippen LogP) is 2.99. The number of para-hydroxylation sites is 1. The highest BCUT2D eigenvalue weighted by Crippen LogP contribution is 2.20. The largest absolute Gasteiger partial charge is 0.284 e. The van der Waals surface area contributed by atoms with E-state index in [0.717, 1.165) is 19.6 Å². The second-order valence-corrected chi connectivity index (χ2v) is 4.76. The van der Waals surface area contributed by atoms with Crippen LogP contribution in [0.4, 0.5) is 5.69 Å². The van der Waals surface area contributed by atoms with Crippen LogP contribution in [-0.4, -0.2) is 30.0 Å². The molecule has 2 heteroatoms. The summed E-state index contributed by atoms with van der Waals surface area (Å²) in [5.41, 5.74) is 2.57. The normalized spacial score (nSPS) is 15.1. The maximum absolute atomic E-state index is 2.45. The van der Waals surface area contributed by atoms with Gasteiger partial charge >= 0.3 is 0 Å². The van der Waals surface area contributed by atoms with Gasteiger partial charge in [0.2, 0.25) is 0 Å². The van der Waals surface area contributed by atoms with Gasteiger partial charge in [-0.1, -0.05) is 36.4 Å². The Hall–Kier alpha value is -2.09. The highest BCUT2D eigenvalue weighted by Gasteiger charge is 2.32. The van der Waals surface area contributed by atoms with Crippen LogP contribution in [0.15, 0.2) is 60.7 Å². The second-order valence-electron chi connectivity index (χ2n) is 4.76. The lowest BCUT2D eigenvalue weighted by atomic mass is 10.2. The first-order valence-corrected chi connectivity index (χ1v) is 6.90. The molecule has 0 unspecified atom stereocenters. The first kappa shape index (κ1) is 12.0. The fraction of sp³-hybridized carbons (Fsp3) is 0.235. The maximum atomic E-state index is 2.45. The number of benzene rings is 2. The van der Waals surface area contributed by atoms with E-state index in [1.54, 1.807) is 0 Å². The molecule has 2 aromatic rings. The summed E-state index contributed by atoms with van der Waals surface area (Å²) in [4.78, 5) is 2.42. The molecule has 0 aromatic heterocycles. The van der Waals surface area contributed by atoms with Crippen LogP contribution in [0.25, 0.3) is 0 Å². The molecule has 0 atom stereocenters. The molecule has 19 heavy (non-hydrogen) atoms. The fourth-order valence-corrected chi connectivity index (χ4v) is 2.70. The minimum Gasteiger partial charge on any atom is -0.257 e. The van der Waals surface area contributed by atoms with Gasteiger partial charge < -0.3 is 0 Å². The Bertz CT molecular complexity index is 573. The molecule has 0 radical (unpaired) electrons. The molecule has 0 amide bonds. The van der Waals surface area contributed by atoms with Gasteiger partial charge in [-0.2, -0.15) is 0 Å². The van der Waals surface area contributed by atoms with E-state index in [1.807, 2.05) is 0 Å². The summed E-state index contributed by atoms with van der Waals surface area (Å²) in [6.45, 7) is 5.42. The smallest absolute Gasteiger partial charge is 0.257 e. The van der Waals surface area contributed by atoms with Crippen LogP contribution in [0.1, 0.15) is 12.5 Å². The standard InChI is InChI=1S/C17H19N2/c1-2-18-13-14-19(16-11-7-4-8-12-16)17(18)15-9-5-3-6-10-15/h3-12H,2,13-14H2,1H3/q+1. The SMILES string of the molecule is CC[N+]1=C(c2ccccc2)N(c2ccccc2)CC1. The van der Waals surface area contributed by atoms with Crippen LogP contribution in [-0.2, 0) is 0 Å². The molecule has 0 N–H and O–H groups in total. The van der Waals surface area contributed by atoms with Crippen LogP contribution in [0.2, 0.25) is 0 Å². The van der Waals surface area contributed by atoms with Crippen molar-refractivity contribution in [2.24, 2.45) is 0 Å². The molecule has 0 saturated heterocycles. The van der Waals surface area contributed by atoms with Gasteiger partial charge in [0.25, 0.3) is 5.84 Å². The van der Waals surface area contributed by atoms with Crippen LogP contribution in [0.5, 0.6) is 0 Å². The Kier molecular flexibility index (Phi) is 3.32. The van der Waals surface area contributed by atoms with Gasteiger partial charge in [0, 0.05) is 0 Å². The third-order valence-corrected chi connectivity index (χ3v) is 3.63. The second kappa shape index (κ2) is 5.27. The van der Waals surface area contributed by atoms with Crippen molar-refractivity contribution in [3.63, 3.8) is 0 Å².